The molecule has 2 heteroatoms. The summed E-state index contributed by atoms with van der Waals surface area (Å²) in [4.78, 5) is 4.53. The highest BCUT2D eigenvalue weighted by Gasteiger charge is 2.06. The lowest BCUT2D eigenvalue weighted by Crippen LogP contribution is -2.01. The van der Waals surface area contributed by atoms with Crippen molar-refractivity contribution in [1.29, 1.82) is 0 Å². The lowest BCUT2D eigenvalue weighted by atomic mass is 10.1. The zero-order chi connectivity index (χ0) is 16.2. The molecule has 0 unspecified atom stereocenters. The Labute approximate surface area is 142 Å². The quantitative estimate of drug-likeness (QED) is 0.511. The third-order valence-electron chi connectivity index (χ3n) is 4.18. The van der Waals surface area contributed by atoms with Crippen molar-refractivity contribution in [2.45, 2.75) is 6.42 Å². The van der Waals surface area contributed by atoms with Crippen LogP contribution in [0.5, 0.6) is 0 Å². The van der Waals surface area contributed by atoms with E-state index in [0.29, 0.717) is 0 Å². The Kier molecular flexibility index (Phi) is 3.95. The molecule has 3 aromatic carbocycles. The van der Waals surface area contributed by atoms with Gasteiger partial charge in [0, 0.05) is 24.5 Å². The second kappa shape index (κ2) is 6.55. The van der Waals surface area contributed by atoms with E-state index in [1.165, 1.54) is 16.7 Å². The fourth-order valence-electron chi connectivity index (χ4n) is 2.92. The van der Waals surface area contributed by atoms with Crippen molar-refractivity contribution >= 4 is 0 Å². The van der Waals surface area contributed by atoms with Crippen LogP contribution in [-0.4, -0.2) is 9.55 Å². The number of aromatic nitrogens is 2. The Morgan fingerprint density at radius 1 is 0.667 bits per heavy atom. The zero-order valence-electron chi connectivity index (χ0n) is 13.3. The summed E-state index contributed by atoms with van der Waals surface area (Å²) in [5.41, 5.74) is 4.87. The van der Waals surface area contributed by atoms with E-state index >= 15 is 0 Å². The van der Waals surface area contributed by atoms with Gasteiger partial charge < -0.3 is 4.57 Å². The smallest absolute Gasteiger partial charge is 0.117 e. The SMILES string of the molecule is c1ccc(Cc2nccn2-c2ccc(-c3ccccc3)cc2)cc1. The first-order valence-electron chi connectivity index (χ1n) is 8.12. The summed E-state index contributed by atoms with van der Waals surface area (Å²) in [7, 11) is 0. The largest absolute Gasteiger partial charge is 0.303 e. The molecule has 0 amide bonds. The van der Waals surface area contributed by atoms with Gasteiger partial charge in [0.25, 0.3) is 0 Å². The summed E-state index contributed by atoms with van der Waals surface area (Å²) in [5.74, 6) is 1.05. The standard InChI is InChI=1S/C22H18N2/c1-3-7-18(8-4-1)17-22-23-15-16-24(22)21-13-11-20(12-14-21)19-9-5-2-6-10-19/h1-16H,17H2. The van der Waals surface area contributed by atoms with Crippen LogP contribution in [0.4, 0.5) is 0 Å². The van der Waals surface area contributed by atoms with Crippen molar-refractivity contribution in [3.8, 4) is 16.8 Å². The van der Waals surface area contributed by atoms with Crippen molar-refractivity contribution in [1.82, 2.24) is 9.55 Å². The second-order valence-corrected chi connectivity index (χ2v) is 5.79. The molecule has 0 spiro atoms. The van der Waals surface area contributed by atoms with Gasteiger partial charge in [-0.05, 0) is 28.8 Å². The highest BCUT2D eigenvalue weighted by atomic mass is 15.1. The van der Waals surface area contributed by atoms with Gasteiger partial charge in [-0.2, -0.15) is 0 Å². The van der Waals surface area contributed by atoms with Gasteiger partial charge in [-0.3, -0.25) is 0 Å². The Balaban J connectivity index is 1.62. The molecule has 0 aliphatic rings. The van der Waals surface area contributed by atoms with Gasteiger partial charge in [0.2, 0.25) is 0 Å². The number of imidazole rings is 1. The molecule has 2 nitrogen and oxygen atoms in total. The van der Waals surface area contributed by atoms with Gasteiger partial charge in [0.1, 0.15) is 5.82 Å². The van der Waals surface area contributed by atoms with E-state index in [9.17, 15) is 0 Å². The fraction of sp³-hybridized carbons (Fsp3) is 0.0455. The number of nitrogens with zero attached hydrogens (tertiary/aromatic N) is 2. The first-order valence-corrected chi connectivity index (χ1v) is 8.12. The molecule has 116 valence electrons. The molecule has 0 saturated heterocycles. The molecule has 4 rings (SSSR count). The molecule has 1 aromatic heterocycles. The fourth-order valence-corrected chi connectivity index (χ4v) is 2.92. The lowest BCUT2D eigenvalue weighted by molar-refractivity contribution is 0.914. The van der Waals surface area contributed by atoms with Crippen LogP contribution in [0, 0.1) is 0 Å². The van der Waals surface area contributed by atoms with Crippen molar-refractivity contribution in [2.75, 3.05) is 0 Å². The van der Waals surface area contributed by atoms with Crippen LogP contribution >= 0.6 is 0 Å². The van der Waals surface area contributed by atoms with E-state index < -0.39 is 0 Å². The predicted octanol–water partition coefficient (Wildman–Crippen LogP) is 5.13. The number of hydrogen-bond donors (Lipinski definition) is 0. The van der Waals surface area contributed by atoms with Gasteiger partial charge in [-0.15, -0.1) is 0 Å². The first kappa shape index (κ1) is 14.5. The van der Waals surface area contributed by atoms with E-state index in [2.05, 4.69) is 82.3 Å². The molecular weight excluding hydrogens is 292 g/mol. The Hall–Kier alpha value is -3.13. The van der Waals surface area contributed by atoms with Gasteiger partial charge in [-0.1, -0.05) is 72.8 Å². The van der Waals surface area contributed by atoms with E-state index in [1.807, 2.05) is 24.5 Å². The normalized spacial score (nSPS) is 10.7. The number of rotatable bonds is 4. The van der Waals surface area contributed by atoms with Crippen molar-refractivity contribution in [3.05, 3.63) is 109 Å². The Morgan fingerprint density at radius 3 is 2.00 bits per heavy atom. The molecule has 24 heavy (non-hydrogen) atoms. The molecule has 0 radical (unpaired) electrons. The average Bonchev–Trinajstić information content (AvgIpc) is 3.11. The summed E-state index contributed by atoms with van der Waals surface area (Å²) in [5, 5.41) is 0. The topological polar surface area (TPSA) is 17.8 Å². The van der Waals surface area contributed by atoms with Crippen LogP contribution in [-0.2, 0) is 6.42 Å². The maximum Gasteiger partial charge on any atom is 0.117 e. The van der Waals surface area contributed by atoms with E-state index in [1.54, 1.807) is 0 Å². The Morgan fingerprint density at radius 2 is 1.29 bits per heavy atom. The summed E-state index contributed by atoms with van der Waals surface area (Å²) in [6.45, 7) is 0. The predicted molar refractivity (Wildman–Crippen MR) is 98.2 cm³/mol. The molecule has 0 bridgehead atoms. The van der Waals surface area contributed by atoms with Gasteiger partial charge in [-0.25, -0.2) is 4.98 Å². The van der Waals surface area contributed by atoms with Crippen molar-refractivity contribution in [2.24, 2.45) is 0 Å². The van der Waals surface area contributed by atoms with E-state index in [4.69, 9.17) is 0 Å². The first-order chi connectivity index (χ1) is 11.9. The van der Waals surface area contributed by atoms with Crippen molar-refractivity contribution < 1.29 is 0 Å². The van der Waals surface area contributed by atoms with Gasteiger partial charge in [0.05, 0.1) is 0 Å². The summed E-state index contributed by atoms with van der Waals surface area (Å²) in [6.07, 6.45) is 4.72. The molecular formula is C22H18N2. The third-order valence-corrected chi connectivity index (χ3v) is 4.18. The summed E-state index contributed by atoms with van der Waals surface area (Å²) in [6, 6.07) is 29.5. The third kappa shape index (κ3) is 2.99. The van der Waals surface area contributed by atoms with Gasteiger partial charge in [0.15, 0.2) is 0 Å². The van der Waals surface area contributed by atoms with Crippen LogP contribution in [0.3, 0.4) is 0 Å². The lowest BCUT2D eigenvalue weighted by Gasteiger charge is -2.09. The Bertz CT molecular complexity index is 907. The zero-order valence-corrected chi connectivity index (χ0v) is 13.3. The molecule has 0 fully saturated rings. The highest BCUT2D eigenvalue weighted by Crippen LogP contribution is 2.21. The molecule has 1 heterocycles. The second-order valence-electron chi connectivity index (χ2n) is 5.79. The molecule has 0 N–H and O–H groups in total. The van der Waals surface area contributed by atoms with Crippen molar-refractivity contribution in [3.63, 3.8) is 0 Å². The maximum absolute atomic E-state index is 4.53. The molecule has 0 atom stereocenters. The molecule has 0 aliphatic carbocycles. The number of hydrogen-bond acceptors (Lipinski definition) is 1. The van der Waals surface area contributed by atoms with Crippen LogP contribution in [0.2, 0.25) is 0 Å². The average molecular weight is 310 g/mol. The highest BCUT2D eigenvalue weighted by molar-refractivity contribution is 5.64. The van der Waals surface area contributed by atoms with Crippen LogP contribution < -0.4 is 0 Å². The van der Waals surface area contributed by atoms with Crippen LogP contribution in [0.25, 0.3) is 16.8 Å². The summed E-state index contributed by atoms with van der Waals surface area (Å²) < 4.78 is 2.15. The molecule has 4 aromatic rings. The number of benzene rings is 3. The minimum Gasteiger partial charge on any atom is -0.303 e. The van der Waals surface area contributed by atoms with Crippen LogP contribution in [0.15, 0.2) is 97.3 Å². The van der Waals surface area contributed by atoms with E-state index in [0.717, 1.165) is 17.9 Å². The summed E-state index contributed by atoms with van der Waals surface area (Å²) >= 11 is 0. The minimum absolute atomic E-state index is 0.828. The molecule has 0 aliphatic heterocycles. The minimum atomic E-state index is 0.828. The maximum atomic E-state index is 4.53. The molecule has 0 saturated carbocycles. The van der Waals surface area contributed by atoms with E-state index in [-0.39, 0.29) is 0 Å². The van der Waals surface area contributed by atoms with Crippen LogP contribution in [0.1, 0.15) is 11.4 Å². The van der Waals surface area contributed by atoms with Gasteiger partial charge >= 0.3 is 0 Å². The monoisotopic (exact) mass is 310 g/mol.